The van der Waals surface area contributed by atoms with Crippen LogP contribution in [0.25, 0.3) is 0 Å². The molecule has 1 aromatic rings. The maximum absolute atomic E-state index is 13.7. The van der Waals surface area contributed by atoms with Gasteiger partial charge in [0.05, 0.1) is 20.1 Å². The van der Waals surface area contributed by atoms with Gasteiger partial charge in [0.2, 0.25) is 0 Å². The zero-order valence-electron chi connectivity index (χ0n) is 18.2. The Labute approximate surface area is 182 Å². The Hall–Kier alpha value is -2.67. The average Bonchev–Trinajstić information content (AvgIpc) is 3.21. The van der Waals surface area contributed by atoms with Gasteiger partial charge in [0.1, 0.15) is 11.0 Å². The Morgan fingerprint density at radius 3 is 2.58 bits per heavy atom. The molecule has 7 nitrogen and oxygen atoms in total. The SMILES string of the molecule is COC(=O)[C@H]1C[C@@]2(C)C(=O)C3=C4N2C1CC[C@]4(C(=O)OC)CN(Cc1ccccc1)C3. The van der Waals surface area contributed by atoms with Gasteiger partial charge in [-0.1, -0.05) is 30.3 Å². The van der Waals surface area contributed by atoms with E-state index >= 15 is 0 Å². The molecular weight excluding hydrogens is 396 g/mol. The molecule has 2 fully saturated rings. The predicted molar refractivity (Wildman–Crippen MR) is 112 cm³/mol. The van der Waals surface area contributed by atoms with Gasteiger partial charge in [0.25, 0.3) is 0 Å². The van der Waals surface area contributed by atoms with Crippen molar-refractivity contribution in [3.8, 4) is 0 Å². The standard InChI is InChI=1S/C24H28N2O5/c1-23-11-16(21(28)30-2)18-9-10-24(22(29)31-3)14-25(12-15-7-5-4-6-8-15)13-17(20(23)27)19(24)26(18)23/h4-8,16,18H,9-14H2,1-3H3/t16-,18?,23-,24-/m0/s1. The third-order valence-corrected chi connectivity index (χ3v) is 7.76. The van der Waals surface area contributed by atoms with Gasteiger partial charge in [-0.05, 0) is 31.7 Å². The van der Waals surface area contributed by atoms with Crippen LogP contribution in [-0.2, 0) is 30.4 Å². The van der Waals surface area contributed by atoms with Crippen LogP contribution in [0, 0.1) is 11.3 Å². The van der Waals surface area contributed by atoms with Crippen LogP contribution >= 0.6 is 0 Å². The smallest absolute Gasteiger partial charge is 0.319 e. The lowest BCUT2D eigenvalue weighted by Gasteiger charge is -2.51. The highest BCUT2D eigenvalue weighted by atomic mass is 16.5. The van der Waals surface area contributed by atoms with E-state index in [-0.39, 0.29) is 29.7 Å². The van der Waals surface area contributed by atoms with Crippen LogP contribution < -0.4 is 0 Å². The molecular formula is C24H28N2O5. The lowest BCUT2D eigenvalue weighted by atomic mass is 9.70. The molecule has 0 spiro atoms. The average molecular weight is 424 g/mol. The van der Waals surface area contributed by atoms with Gasteiger partial charge in [-0.25, -0.2) is 0 Å². The Kier molecular flexibility index (Phi) is 4.52. The van der Waals surface area contributed by atoms with E-state index in [0.29, 0.717) is 44.5 Å². The number of esters is 2. The monoisotopic (exact) mass is 424 g/mol. The van der Waals surface area contributed by atoms with E-state index < -0.39 is 11.0 Å². The zero-order chi connectivity index (χ0) is 22.0. The number of hydrogen-bond acceptors (Lipinski definition) is 7. The Morgan fingerprint density at radius 1 is 1.16 bits per heavy atom. The number of ketones is 1. The van der Waals surface area contributed by atoms with E-state index in [4.69, 9.17) is 9.47 Å². The van der Waals surface area contributed by atoms with E-state index in [9.17, 15) is 14.4 Å². The van der Waals surface area contributed by atoms with Crippen molar-refractivity contribution in [3.63, 3.8) is 0 Å². The van der Waals surface area contributed by atoms with E-state index in [2.05, 4.69) is 21.9 Å². The van der Waals surface area contributed by atoms with Crippen LogP contribution in [0.2, 0.25) is 0 Å². The van der Waals surface area contributed by atoms with Crippen molar-refractivity contribution in [2.75, 3.05) is 27.3 Å². The van der Waals surface area contributed by atoms with Crippen molar-refractivity contribution < 1.29 is 23.9 Å². The Bertz CT molecular complexity index is 989. The molecule has 0 N–H and O–H groups in total. The molecule has 4 heterocycles. The second-order valence-corrected chi connectivity index (χ2v) is 9.44. The minimum atomic E-state index is -0.883. The van der Waals surface area contributed by atoms with E-state index in [1.807, 2.05) is 25.1 Å². The first-order chi connectivity index (χ1) is 14.9. The lowest BCUT2D eigenvalue weighted by Crippen LogP contribution is -2.58. The van der Waals surface area contributed by atoms with Gasteiger partial charge in [0.15, 0.2) is 5.78 Å². The van der Waals surface area contributed by atoms with E-state index in [0.717, 1.165) is 11.3 Å². The van der Waals surface area contributed by atoms with Crippen molar-refractivity contribution >= 4 is 17.7 Å². The normalized spacial score (nSPS) is 34.0. The topological polar surface area (TPSA) is 76.2 Å². The van der Waals surface area contributed by atoms with Gasteiger partial charge < -0.3 is 14.4 Å². The first-order valence-electron chi connectivity index (χ1n) is 10.9. The summed E-state index contributed by atoms with van der Waals surface area (Å²) in [6, 6.07) is 9.97. The Morgan fingerprint density at radius 2 is 1.90 bits per heavy atom. The quantitative estimate of drug-likeness (QED) is 0.684. The number of carbonyl (C=O) groups excluding carboxylic acids is 3. The van der Waals surface area contributed by atoms with Gasteiger partial charge in [-0.15, -0.1) is 0 Å². The summed E-state index contributed by atoms with van der Waals surface area (Å²) in [5.41, 5.74) is 0.966. The molecule has 164 valence electrons. The van der Waals surface area contributed by atoms with E-state index in [1.165, 1.54) is 14.2 Å². The van der Waals surface area contributed by atoms with Crippen LogP contribution in [0.15, 0.2) is 41.6 Å². The third-order valence-electron chi connectivity index (χ3n) is 7.76. The molecule has 1 aromatic carbocycles. The van der Waals surface area contributed by atoms with Crippen LogP contribution in [-0.4, -0.2) is 66.4 Å². The number of nitrogens with zero attached hydrogens (tertiary/aromatic N) is 2. The van der Waals surface area contributed by atoms with E-state index in [1.54, 1.807) is 0 Å². The second kappa shape index (κ2) is 6.92. The summed E-state index contributed by atoms with van der Waals surface area (Å²) in [6.07, 6.45) is 1.63. The van der Waals surface area contributed by atoms with Gasteiger partial charge in [-0.2, -0.15) is 0 Å². The molecule has 4 aliphatic heterocycles. The molecule has 5 rings (SSSR count). The number of hydrogen-bond donors (Lipinski definition) is 0. The second-order valence-electron chi connectivity index (χ2n) is 9.44. The summed E-state index contributed by atoms with van der Waals surface area (Å²) in [5.74, 6) is -0.893. The fourth-order valence-electron chi connectivity index (χ4n) is 6.53. The number of carbonyl (C=O) groups is 3. The van der Waals surface area contributed by atoms with Crippen molar-refractivity contribution in [1.82, 2.24) is 9.80 Å². The summed E-state index contributed by atoms with van der Waals surface area (Å²) in [6.45, 7) is 3.58. The van der Waals surface area contributed by atoms with Gasteiger partial charge in [0, 0.05) is 36.9 Å². The molecule has 0 aliphatic carbocycles. The molecule has 31 heavy (non-hydrogen) atoms. The van der Waals surface area contributed by atoms with Crippen LogP contribution in [0.4, 0.5) is 0 Å². The summed E-state index contributed by atoms with van der Waals surface area (Å²) < 4.78 is 10.3. The Balaban J connectivity index is 1.59. The third kappa shape index (κ3) is 2.65. The summed E-state index contributed by atoms with van der Waals surface area (Å²) in [5, 5.41) is 0. The number of rotatable bonds is 4. The fraction of sp³-hybridized carbons (Fsp3) is 0.542. The number of methoxy groups -OCH3 is 2. The summed E-state index contributed by atoms with van der Waals surface area (Å²) >= 11 is 0. The highest BCUT2D eigenvalue weighted by Gasteiger charge is 2.69. The predicted octanol–water partition coefficient (Wildman–Crippen LogP) is 1.91. The van der Waals surface area contributed by atoms with Crippen molar-refractivity contribution in [3.05, 3.63) is 47.2 Å². The summed E-state index contributed by atoms with van der Waals surface area (Å²) in [4.78, 5) is 43.8. The van der Waals surface area contributed by atoms with Crippen molar-refractivity contribution in [2.45, 2.75) is 44.3 Å². The zero-order valence-corrected chi connectivity index (χ0v) is 18.2. The molecule has 0 radical (unpaired) electrons. The molecule has 0 bridgehead atoms. The number of Topliss-reactive ketones (excluding diaryl/α,β-unsaturated/α-hetero) is 1. The molecule has 0 amide bonds. The minimum Gasteiger partial charge on any atom is -0.469 e. The molecule has 4 aliphatic rings. The molecule has 2 saturated heterocycles. The van der Waals surface area contributed by atoms with Gasteiger partial charge >= 0.3 is 11.9 Å². The first-order valence-corrected chi connectivity index (χ1v) is 10.9. The number of ether oxygens (including phenoxy) is 2. The molecule has 1 unspecified atom stereocenters. The lowest BCUT2D eigenvalue weighted by molar-refractivity contribution is -0.156. The molecule has 7 heteroatoms. The molecule has 0 saturated carbocycles. The van der Waals surface area contributed by atoms with Crippen molar-refractivity contribution in [1.29, 1.82) is 0 Å². The van der Waals surface area contributed by atoms with Crippen LogP contribution in [0.5, 0.6) is 0 Å². The van der Waals surface area contributed by atoms with Crippen molar-refractivity contribution in [2.24, 2.45) is 11.3 Å². The van der Waals surface area contributed by atoms with Crippen LogP contribution in [0.3, 0.4) is 0 Å². The molecule has 4 atom stereocenters. The maximum atomic E-state index is 13.7. The highest BCUT2D eigenvalue weighted by molar-refractivity contribution is 6.08. The van der Waals surface area contributed by atoms with Gasteiger partial charge in [-0.3, -0.25) is 19.3 Å². The first kappa shape index (κ1) is 20.2. The minimum absolute atomic E-state index is 0.0341. The number of benzene rings is 1. The number of piperidine rings is 1. The largest absolute Gasteiger partial charge is 0.469 e. The fourth-order valence-corrected chi connectivity index (χ4v) is 6.53. The highest BCUT2D eigenvalue weighted by Crippen LogP contribution is 2.60. The molecule has 0 aromatic heterocycles. The van der Waals surface area contributed by atoms with Crippen LogP contribution in [0.1, 0.15) is 31.7 Å². The summed E-state index contributed by atoms with van der Waals surface area (Å²) in [7, 11) is 2.81. The maximum Gasteiger partial charge on any atom is 0.319 e.